The molecule has 1 fully saturated rings. The summed E-state index contributed by atoms with van der Waals surface area (Å²) in [6.07, 6.45) is 1.62. The molecule has 0 aromatic heterocycles. The first-order valence-electron chi connectivity index (χ1n) is 3.65. The molecule has 0 aromatic carbocycles. The van der Waals surface area contributed by atoms with Gasteiger partial charge in [-0.05, 0) is 5.92 Å². The lowest BCUT2D eigenvalue weighted by atomic mass is 10.2. The van der Waals surface area contributed by atoms with Crippen LogP contribution in [0.4, 0.5) is 0 Å². The van der Waals surface area contributed by atoms with Crippen molar-refractivity contribution in [1.82, 2.24) is 4.31 Å². The van der Waals surface area contributed by atoms with Gasteiger partial charge in [-0.25, -0.2) is 8.42 Å². The summed E-state index contributed by atoms with van der Waals surface area (Å²) in [5.41, 5.74) is 0. The molecule has 0 aromatic rings. The second-order valence-electron chi connectivity index (χ2n) is 2.99. The number of hydrogen-bond acceptors (Lipinski definition) is 2. The number of sulfonamides is 1. The molecule has 0 saturated carbocycles. The van der Waals surface area contributed by atoms with Gasteiger partial charge in [0.25, 0.3) is 0 Å². The van der Waals surface area contributed by atoms with Gasteiger partial charge < -0.3 is 0 Å². The van der Waals surface area contributed by atoms with Crippen molar-refractivity contribution in [3.8, 4) is 0 Å². The monoisotopic (exact) mass is 175 g/mol. The Morgan fingerprint density at radius 3 is 2.73 bits per heavy atom. The third kappa shape index (κ3) is 1.81. The molecular formula is C7H13NO2S. The summed E-state index contributed by atoms with van der Waals surface area (Å²) in [6, 6.07) is 0. The fourth-order valence-electron chi connectivity index (χ4n) is 1.31. The van der Waals surface area contributed by atoms with Gasteiger partial charge in [0.05, 0.1) is 5.75 Å². The summed E-state index contributed by atoms with van der Waals surface area (Å²) in [6.45, 7) is 6.55. The van der Waals surface area contributed by atoms with E-state index in [0.29, 0.717) is 18.8 Å². The van der Waals surface area contributed by atoms with Gasteiger partial charge in [-0.1, -0.05) is 13.0 Å². The van der Waals surface area contributed by atoms with Crippen LogP contribution in [0.1, 0.15) is 6.92 Å². The minimum atomic E-state index is -2.94. The number of rotatable bonds is 2. The summed E-state index contributed by atoms with van der Waals surface area (Å²) >= 11 is 0. The fraction of sp³-hybridized carbons (Fsp3) is 0.714. The second kappa shape index (κ2) is 2.95. The highest BCUT2D eigenvalue weighted by Gasteiger charge is 2.32. The maximum atomic E-state index is 11.2. The third-order valence-electron chi connectivity index (χ3n) is 1.74. The molecule has 1 saturated heterocycles. The average Bonchev–Trinajstić information content (AvgIpc) is 2.07. The van der Waals surface area contributed by atoms with E-state index in [1.807, 2.05) is 6.92 Å². The van der Waals surface area contributed by atoms with Crippen LogP contribution in [-0.4, -0.2) is 31.6 Å². The highest BCUT2D eigenvalue weighted by molar-refractivity contribution is 7.89. The SMILES string of the molecule is C=CCN1C[C@@H](C)CS1(=O)=O. The van der Waals surface area contributed by atoms with Crippen molar-refractivity contribution in [2.24, 2.45) is 5.92 Å². The molecule has 1 aliphatic heterocycles. The number of hydrogen-bond donors (Lipinski definition) is 0. The van der Waals surface area contributed by atoms with E-state index >= 15 is 0 Å². The minimum Gasteiger partial charge on any atom is -0.212 e. The van der Waals surface area contributed by atoms with Gasteiger partial charge in [0.15, 0.2) is 0 Å². The fourth-order valence-corrected chi connectivity index (χ4v) is 3.16. The molecule has 3 nitrogen and oxygen atoms in total. The lowest BCUT2D eigenvalue weighted by molar-refractivity contribution is 0.446. The predicted octanol–water partition coefficient (Wildman–Crippen LogP) is 0.454. The van der Waals surface area contributed by atoms with Gasteiger partial charge >= 0.3 is 0 Å². The molecule has 0 bridgehead atoms. The maximum absolute atomic E-state index is 11.2. The first kappa shape index (κ1) is 8.74. The topological polar surface area (TPSA) is 37.4 Å². The smallest absolute Gasteiger partial charge is 0.212 e. The lowest BCUT2D eigenvalue weighted by Gasteiger charge is -2.10. The van der Waals surface area contributed by atoms with Crippen LogP contribution in [0.2, 0.25) is 0 Å². The molecule has 0 amide bonds. The predicted molar refractivity (Wildman–Crippen MR) is 44.7 cm³/mol. The van der Waals surface area contributed by atoms with E-state index in [1.54, 1.807) is 6.08 Å². The summed E-state index contributed by atoms with van der Waals surface area (Å²) in [5.74, 6) is 0.556. The van der Waals surface area contributed by atoms with E-state index in [0.717, 1.165) is 0 Å². The van der Waals surface area contributed by atoms with Gasteiger partial charge in [-0.2, -0.15) is 4.31 Å². The zero-order valence-electron chi connectivity index (χ0n) is 6.66. The molecule has 4 heteroatoms. The highest BCUT2D eigenvalue weighted by atomic mass is 32.2. The summed E-state index contributed by atoms with van der Waals surface area (Å²) < 4.78 is 24.0. The summed E-state index contributed by atoms with van der Waals surface area (Å²) in [7, 11) is -2.94. The Kier molecular flexibility index (Phi) is 2.34. The summed E-state index contributed by atoms with van der Waals surface area (Å²) in [5, 5.41) is 0. The molecule has 1 aliphatic rings. The van der Waals surface area contributed by atoms with Crippen molar-refractivity contribution in [3.05, 3.63) is 12.7 Å². The van der Waals surface area contributed by atoms with Crippen LogP contribution in [-0.2, 0) is 10.0 Å². The van der Waals surface area contributed by atoms with E-state index in [9.17, 15) is 8.42 Å². The lowest BCUT2D eigenvalue weighted by Crippen LogP contribution is -2.25. The van der Waals surface area contributed by atoms with Crippen molar-refractivity contribution >= 4 is 10.0 Å². The van der Waals surface area contributed by atoms with Gasteiger partial charge in [0, 0.05) is 13.1 Å². The molecule has 1 rings (SSSR count). The quantitative estimate of drug-likeness (QED) is 0.572. The minimum absolute atomic E-state index is 0.264. The molecule has 1 atom stereocenters. The van der Waals surface area contributed by atoms with E-state index in [1.165, 1.54) is 4.31 Å². The van der Waals surface area contributed by atoms with E-state index in [2.05, 4.69) is 6.58 Å². The van der Waals surface area contributed by atoms with Crippen LogP contribution in [0.25, 0.3) is 0 Å². The molecule has 0 radical (unpaired) electrons. The molecule has 11 heavy (non-hydrogen) atoms. The largest absolute Gasteiger partial charge is 0.214 e. The Morgan fingerprint density at radius 2 is 2.36 bits per heavy atom. The highest BCUT2D eigenvalue weighted by Crippen LogP contribution is 2.17. The van der Waals surface area contributed by atoms with E-state index in [4.69, 9.17) is 0 Å². The third-order valence-corrected chi connectivity index (χ3v) is 3.81. The van der Waals surface area contributed by atoms with E-state index < -0.39 is 10.0 Å². The molecule has 0 aliphatic carbocycles. The van der Waals surface area contributed by atoms with Gasteiger partial charge in [-0.15, -0.1) is 6.58 Å². The van der Waals surface area contributed by atoms with Crippen molar-refractivity contribution in [2.75, 3.05) is 18.8 Å². The molecule has 0 spiro atoms. The van der Waals surface area contributed by atoms with Gasteiger partial charge in [0.2, 0.25) is 10.0 Å². The Labute approximate surface area is 67.8 Å². The van der Waals surface area contributed by atoms with Crippen LogP contribution in [0.3, 0.4) is 0 Å². The zero-order valence-corrected chi connectivity index (χ0v) is 7.47. The van der Waals surface area contributed by atoms with Crippen LogP contribution in [0.15, 0.2) is 12.7 Å². The van der Waals surface area contributed by atoms with Crippen molar-refractivity contribution in [2.45, 2.75) is 6.92 Å². The summed E-state index contributed by atoms with van der Waals surface area (Å²) in [4.78, 5) is 0. The molecule has 0 N–H and O–H groups in total. The Bertz CT molecular complexity index is 245. The zero-order chi connectivity index (χ0) is 8.48. The molecule has 64 valence electrons. The molecule has 1 heterocycles. The van der Waals surface area contributed by atoms with Crippen LogP contribution in [0, 0.1) is 5.92 Å². The average molecular weight is 175 g/mol. The van der Waals surface area contributed by atoms with Gasteiger partial charge in [-0.3, -0.25) is 0 Å². The number of nitrogens with zero attached hydrogens (tertiary/aromatic N) is 1. The molecule has 0 unspecified atom stereocenters. The standard InChI is InChI=1S/C7H13NO2S/c1-3-4-8-5-7(2)6-11(8,9)10/h3,7H,1,4-6H2,2H3/t7-/m1/s1. The van der Waals surface area contributed by atoms with Crippen molar-refractivity contribution in [1.29, 1.82) is 0 Å². The van der Waals surface area contributed by atoms with Crippen LogP contribution < -0.4 is 0 Å². The first-order valence-corrected chi connectivity index (χ1v) is 5.26. The Balaban J connectivity index is 2.74. The van der Waals surface area contributed by atoms with Crippen LogP contribution in [0.5, 0.6) is 0 Å². The molecular weight excluding hydrogens is 162 g/mol. The Hall–Kier alpha value is -0.350. The van der Waals surface area contributed by atoms with Crippen molar-refractivity contribution in [3.63, 3.8) is 0 Å². The Morgan fingerprint density at radius 1 is 1.73 bits per heavy atom. The second-order valence-corrected chi connectivity index (χ2v) is 5.00. The van der Waals surface area contributed by atoms with Crippen LogP contribution >= 0.6 is 0 Å². The van der Waals surface area contributed by atoms with Gasteiger partial charge in [0.1, 0.15) is 0 Å². The van der Waals surface area contributed by atoms with Crippen molar-refractivity contribution < 1.29 is 8.42 Å². The maximum Gasteiger partial charge on any atom is 0.214 e. The normalized spacial score (nSPS) is 30.5. The first-order chi connectivity index (χ1) is 5.06. The van der Waals surface area contributed by atoms with E-state index in [-0.39, 0.29) is 5.92 Å².